The van der Waals surface area contributed by atoms with Gasteiger partial charge in [-0.05, 0) is 38.5 Å². The lowest BCUT2D eigenvalue weighted by Gasteiger charge is -2.18. The third kappa shape index (κ3) is 10.0. The fraction of sp³-hybridized carbons (Fsp3) is 0.667. The Hall–Kier alpha value is -1.68. The van der Waals surface area contributed by atoms with Crippen molar-refractivity contribution in [2.75, 3.05) is 0 Å². The standard InChI is InChI=1S/C24H38O4/c1-2-3-4-5-6-7-8-9-10-11-12-13-14-15-16-17-20(25)23-21(26)18-19-22(27)24(23)28/h9-12,22,27-28H,2-8,13-19H2,1H3. The summed E-state index contributed by atoms with van der Waals surface area (Å²) < 4.78 is 0. The van der Waals surface area contributed by atoms with Gasteiger partial charge in [-0.3, -0.25) is 9.59 Å². The second-order valence-corrected chi connectivity index (χ2v) is 7.67. The highest BCUT2D eigenvalue weighted by Crippen LogP contribution is 2.23. The lowest BCUT2D eigenvalue weighted by Crippen LogP contribution is -2.27. The number of hydrogen-bond acceptors (Lipinski definition) is 4. The Morgan fingerprint density at radius 3 is 2.18 bits per heavy atom. The maximum atomic E-state index is 12.1. The van der Waals surface area contributed by atoms with Crippen molar-refractivity contribution < 1.29 is 19.8 Å². The molecule has 1 atom stereocenters. The first kappa shape index (κ1) is 24.4. The third-order valence-corrected chi connectivity index (χ3v) is 5.16. The summed E-state index contributed by atoms with van der Waals surface area (Å²) in [6, 6.07) is 0. The Morgan fingerprint density at radius 2 is 1.54 bits per heavy atom. The molecule has 0 saturated heterocycles. The number of carbonyl (C=O) groups excluding carboxylic acids is 2. The van der Waals surface area contributed by atoms with Crippen LogP contribution in [0.15, 0.2) is 35.6 Å². The van der Waals surface area contributed by atoms with Crippen LogP contribution >= 0.6 is 0 Å². The Balaban J connectivity index is 2.06. The maximum absolute atomic E-state index is 12.1. The maximum Gasteiger partial charge on any atom is 0.170 e. The molecular weight excluding hydrogens is 352 g/mol. The minimum absolute atomic E-state index is 0.128. The molecule has 1 aliphatic rings. The van der Waals surface area contributed by atoms with Crippen molar-refractivity contribution in [3.8, 4) is 0 Å². The van der Waals surface area contributed by atoms with Crippen LogP contribution in [0.2, 0.25) is 0 Å². The van der Waals surface area contributed by atoms with Crippen molar-refractivity contribution in [1.29, 1.82) is 0 Å². The van der Waals surface area contributed by atoms with Gasteiger partial charge in [0.2, 0.25) is 0 Å². The first-order valence-corrected chi connectivity index (χ1v) is 11.1. The summed E-state index contributed by atoms with van der Waals surface area (Å²) >= 11 is 0. The summed E-state index contributed by atoms with van der Waals surface area (Å²) in [7, 11) is 0. The third-order valence-electron chi connectivity index (χ3n) is 5.16. The largest absolute Gasteiger partial charge is 0.509 e. The van der Waals surface area contributed by atoms with Gasteiger partial charge in [0.25, 0.3) is 0 Å². The minimum Gasteiger partial charge on any atom is -0.509 e. The highest BCUT2D eigenvalue weighted by molar-refractivity contribution is 6.21. The summed E-state index contributed by atoms with van der Waals surface area (Å²) in [5.74, 6) is -1.12. The van der Waals surface area contributed by atoms with Gasteiger partial charge >= 0.3 is 0 Å². The van der Waals surface area contributed by atoms with Crippen molar-refractivity contribution >= 4 is 11.6 Å². The molecule has 158 valence electrons. The van der Waals surface area contributed by atoms with Crippen LogP contribution in [0.4, 0.5) is 0 Å². The topological polar surface area (TPSA) is 74.6 Å². The molecule has 0 heterocycles. The molecule has 1 aliphatic carbocycles. The lowest BCUT2D eigenvalue weighted by molar-refractivity contribution is -0.123. The molecule has 28 heavy (non-hydrogen) atoms. The monoisotopic (exact) mass is 390 g/mol. The zero-order valence-electron chi connectivity index (χ0n) is 17.5. The Labute approximate surface area is 170 Å². The molecule has 1 rings (SSSR count). The van der Waals surface area contributed by atoms with Gasteiger partial charge in [-0.25, -0.2) is 0 Å². The minimum atomic E-state index is -1.07. The summed E-state index contributed by atoms with van der Waals surface area (Å²) in [5, 5.41) is 19.4. The van der Waals surface area contributed by atoms with Crippen molar-refractivity contribution in [3.63, 3.8) is 0 Å². The SMILES string of the molecule is CCCCCCCCC=CC=CCCCCCC(=O)C1=C(O)C(O)CCC1=O. The predicted octanol–water partition coefficient (Wildman–Crippen LogP) is 5.90. The van der Waals surface area contributed by atoms with Gasteiger partial charge in [-0.2, -0.15) is 0 Å². The quantitative estimate of drug-likeness (QED) is 0.207. The normalized spacial score (nSPS) is 17.9. The highest BCUT2D eigenvalue weighted by atomic mass is 16.3. The number of unbranched alkanes of at least 4 members (excludes halogenated alkanes) is 9. The number of ketones is 2. The fourth-order valence-corrected chi connectivity index (χ4v) is 3.38. The summed E-state index contributed by atoms with van der Waals surface area (Å²) in [6.45, 7) is 2.24. The van der Waals surface area contributed by atoms with E-state index >= 15 is 0 Å². The molecule has 0 bridgehead atoms. The molecule has 0 spiro atoms. The second-order valence-electron chi connectivity index (χ2n) is 7.67. The molecule has 4 nitrogen and oxygen atoms in total. The molecular formula is C24H38O4. The van der Waals surface area contributed by atoms with Crippen LogP contribution in [0.3, 0.4) is 0 Å². The number of allylic oxidation sites excluding steroid dienone is 5. The number of carbonyl (C=O) groups is 2. The van der Waals surface area contributed by atoms with Gasteiger partial charge in [-0.1, -0.05) is 69.8 Å². The zero-order valence-corrected chi connectivity index (χ0v) is 17.5. The number of aliphatic hydroxyl groups is 2. The number of hydrogen-bond donors (Lipinski definition) is 2. The van der Waals surface area contributed by atoms with Crippen LogP contribution in [0.25, 0.3) is 0 Å². The van der Waals surface area contributed by atoms with Crippen LogP contribution in [0.1, 0.15) is 96.8 Å². The van der Waals surface area contributed by atoms with E-state index in [1.807, 2.05) is 0 Å². The lowest BCUT2D eigenvalue weighted by atomic mass is 9.89. The van der Waals surface area contributed by atoms with Crippen LogP contribution < -0.4 is 0 Å². The van der Waals surface area contributed by atoms with Crippen LogP contribution in [-0.2, 0) is 9.59 Å². The molecule has 0 fully saturated rings. The van der Waals surface area contributed by atoms with E-state index in [2.05, 4.69) is 31.2 Å². The second kappa shape index (κ2) is 15.3. The van der Waals surface area contributed by atoms with Crippen LogP contribution in [0.5, 0.6) is 0 Å². The van der Waals surface area contributed by atoms with E-state index in [9.17, 15) is 19.8 Å². The molecule has 0 saturated carbocycles. The van der Waals surface area contributed by atoms with Crippen LogP contribution in [0, 0.1) is 0 Å². The average molecular weight is 391 g/mol. The zero-order chi connectivity index (χ0) is 20.6. The Bertz CT molecular complexity index is 557. The molecule has 0 amide bonds. The Kier molecular flexibility index (Phi) is 13.3. The molecule has 0 aliphatic heterocycles. The summed E-state index contributed by atoms with van der Waals surface area (Å²) in [5.41, 5.74) is -0.172. The average Bonchev–Trinajstić information content (AvgIpc) is 2.68. The van der Waals surface area contributed by atoms with Gasteiger partial charge in [0, 0.05) is 12.8 Å². The summed E-state index contributed by atoms with van der Waals surface area (Å²) in [4.78, 5) is 23.9. The van der Waals surface area contributed by atoms with E-state index in [-0.39, 0.29) is 36.4 Å². The summed E-state index contributed by atoms with van der Waals surface area (Å²) in [6.07, 6.45) is 20.8. The first-order valence-electron chi connectivity index (χ1n) is 11.1. The Morgan fingerprint density at radius 1 is 0.964 bits per heavy atom. The van der Waals surface area contributed by atoms with E-state index in [0.717, 1.165) is 25.7 Å². The molecule has 0 aromatic heterocycles. The van der Waals surface area contributed by atoms with Crippen molar-refractivity contribution in [1.82, 2.24) is 0 Å². The molecule has 0 aromatic rings. The number of rotatable bonds is 15. The van der Waals surface area contributed by atoms with Crippen molar-refractivity contribution in [2.45, 2.75) is 103 Å². The van der Waals surface area contributed by atoms with Gasteiger partial charge in [0.15, 0.2) is 11.6 Å². The van der Waals surface area contributed by atoms with Gasteiger partial charge in [0.05, 0.1) is 0 Å². The van der Waals surface area contributed by atoms with Gasteiger partial charge in [0.1, 0.15) is 17.4 Å². The van der Waals surface area contributed by atoms with Crippen molar-refractivity contribution in [3.05, 3.63) is 35.6 Å². The molecule has 0 radical (unpaired) electrons. The van der Waals surface area contributed by atoms with Crippen molar-refractivity contribution in [2.24, 2.45) is 0 Å². The van der Waals surface area contributed by atoms with E-state index in [4.69, 9.17) is 0 Å². The number of Topliss-reactive ketones (excluding diaryl/α,β-unsaturated/α-hetero) is 2. The van der Waals surface area contributed by atoms with Gasteiger partial charge in [-0.15, -0.1) is 0 Å². The van der Waals surface area contributed by atoms with E-state index < -0.39 is 11.9 Å². The molecule has 0 aromatic carbocycles. The van der Waals surface area contributed by atoms with E-state index in [0.29, 0.717) is 6.42 Å². The van der Waals surface area contributed by atoms with E-state index in [1.165, 1.54) is 38.5 Å². The smallest absolute Gasteiger partial charge is 0.170 e. The predicted molar refractivity (Wildman–Crippen MR) is 114 cm³/mol. The first-order chi connectivity index (χ1) is 13.6. The van der Waals surface area contributed by atoms with Crippen LogP contribution in [-0.4, -0.2) is 27.9 Å². The molecule has 2 N–H and O–H groups in total. The highest BCUT2D eigenvalue weighted by Gasteiger charge is 2.30. The van der Waals surface area contributed by atoms with Gasteiger partial charge < -0.3 is 10.2 Å². The molecule has 4 heteroatoms. The molecule has 1 unspecified atom stereocenters. The number of aliphatic hydroxyl groups excluding tert-OH is 2. The fourth-order valence-electron chi connectivity index (χ4n) is 3.38. The van der Waals surface area contributed by atoms with E-state index in [1.54, 1.807) is 0 Å².